The third-order valence-corrected chi connectivity index (χ3v) is 3.16. The lowest BCUT2D eigenvalue weighted by atomic mass is 10.2. The van der Waals surface area contributed by atoms with Crippen molar-refractivity contribution in [3.8, 4) is 5.69 Å². The van der Waals surface area contributed by atoms with Crippen molar-refractivity contribution in [2.45, 2.75) is 0 Å². The van der Waals surface area contributed by atoms with E-state index in [0.717, 1.165) is 6.21 Å². The predicted octanol–water partition coefficient (Wildman–Crippen LogP) is 2.09. The third kappa shape index (κ3) is 2.95. The maximum atomic E-state index is 12.2. The van der Waals surface area contributed by atoms with Gasteiger partial charge in [0.05, 0.1) is 29.5 Å². The average Bonchev–Trinajstić information content (AvgIpc) is 2.51. The van der Waals surface area contributed by atoms with Crippen molar-refractivity contribution in [2.24, 2.45) is 5.16 Å². The molecule has 0 saturated heterocycles. The first-order chi connectivity index (χ1) is 10.1. The summed E-state index contributed by atoms with van der Waals surface area (Å²) in [7, 11) is 1.29. The maximum Gasteiger partial charge on any atom is 0.337 e. The number of carbonyl (C=O) groups is 1. The van der Waals surface area contributed by atoms with Crippen LogP contribution in [0, 0.1) is 0 Å². The number of hydrogen-bond donors (Lipinski definition) is 1. The van der Waals surface area contributed by atoms with Crippen LogP contribution >= 0.6 is 11.6 Å². The Morgan fingerprint density at radius 2 is 2.00 bits per heavy atom. The fraction of sp³-hybridized carbons (Fsp3) is 0.0714. The van der Waals surface area contributed by atoms with E-state index in [1.54, 1.807) is 24.3 Å². The Morgan fingerprint density at radius 3 is 2.57 bits per heavy atom. The molecule has 1 N–H and O–H groups in total. The van der Waals surface area contributed by atoms with E-state index in [1.807, 2.05) is 0 Å². The van der Waals surface area contributed by atoms with E-state index in [2.05, 4.69) is 9.89 Å². The van der Waals surface area contributed by atoms with Crippen molar-refractivity contribution in [2.75, 3.05) is 7.11 Å². The van der Waals surface area contributed by atoms with Gasteiger partial charge in [-0.15, -0.1) is 0 Å². The van der Waals surface area contributed by atoms with Crippen LogP contribution in [0.3, 0.4) is 0 Å². The molecule has 0 fully saturated rings. The summed E-state index contributed by atoms with van der Waals surface area (Å²) >= 11 is 5.88. The second-order valence-corrected chi connectivity index (χ2v) is 4.44. The quantitative estimate of drug-likeness (QED) is 0.407. The second kappa shape index (κ2) is 6.23. The fourth-order valence-corrected chi connectivity index (χ4v) is 1.97. The molecule has 0 saturated carbocycles. The highest BCUT2D eigenvalue weighted by Gasteiger charge is 2.10. The number of aromatic nitrogens is 1. The molecule has 0 aliphatic heterocycles. The molecule has 2 aromatic rings. The largest absolute Gasteiger partial charge is 0.465 e. The minimum Gasteiger partial charge on any atom is -0.465 e. The van der Waals surface area contributed by atoms with Crippen molar-refractivity contribution >= 4 is 23.8 Å². The third-order valence-electron chi connectivity index (χ3n) is 2.83. The molecule has 21 heavy (non-hydrogen) atoms. The lowest BCUT2D eigenvalue weighted by Crippen LogP contribution is -2.22. The molecule has 1 aromatic carbocycles. The molecular formula is C14H11ClN2O4. The number of oxime groups is 1. The highest BCUT2D eigenvalue weighted by atomic mass is 35.5. The minimum absolute atomic E-state index is 0.0683. The number of benzene rings is 1. The molecule has 0 bridgehead atoms. The Hall–Kier alpha value is -2.60. The molecule has 0 aliphatic rings. The molecule has 1 heterocycles. The Balaban J connectivity index is 2.50. The van der Waals surface area contributed by atoms with Crippen molar-refractivity contribution < 1.29 is 14.7 Å². The van der Waals surface area contributed by atoms with Crippen molar-refractivity contribution in [3.05, 3.63) is 63.0 Å². The van der Waals surface area contributed by atoms with Crippen molar-refractivity contribution in [1.82, 2.24) is 4.57 Å². The SMILES string of the molecule is COC(=O)c1ccc(-n2ccc(Cl)c(/C=N/O)c2=O)cc1. The second-order valence-electron chi connectivity index (χ2n) is 4.04. The van der Waals surface area contributed by atoms with Crippen molar-refractivity contribution in [1.29, 1.82) is 0 Å². The van der Waals surface area contributed by atoms with Crippen LogP contribution in [-0.4, -0.2) is 29.1 Å². The Kier molecular flexibility index (Phi) is 4.39. The highest BCUT2D eigenvalue weighted by molar-refractivity contribution is 6.33. The van der Waals surface area contributed by atoms with Crippen LogP contribution in [0.1, 0.15) is 15.9 Å². The van der Waals surface area contributed by atoms with Gasteiger partial charge in [0.2, 0.25) is 0 Å². The number of nitrogens with zero attached hydrogens (tertiary/aromatic N) is 2. The minimum atomic E-state index is -0.460. The number of methoxy groups -OCH3 is 1. The van der Waals surface area contributed by atoms with Crippen LogP contribution in [0.4, 0.5) is 0 Å². The van der Waals surface area contributed by atoms with E-state index in [4.69, 9.17) is 16.8 Å². The molecule has 108 valence electrons. The predicted molar refractivity (Wildman–Crippen MR) is 77.8 cm³/mol. The first-order valence-electron chi connectivity index (χ1n) is 5.86. The van der Waals surface area contributed by atoms with Crippen LogP contribution in [-0.2, 0) is 4.74 Å². The van der Waals surface area contributed by atoms with Gasteiger partial charge in [-0.3, -0.25) is 9.36 Å². The summed E-state index contributed by atoms with van der Waals surface area (Å²) in [4.78, 5) is 23.6. The van der Waals surface area contributed by atoms with Crippen LogP contribution in [0.25, 0.3) is 5.69 Å². The number of ether oxygens (including phenoxy) is 1. The number of esters is 1. The molecule has 0 radical (unpaired) electrons. The van der Waals surface area contributed by atoms with Gasteiger partial charge in [-0.2, -0.15) is 0 Å². The Morgan fingerprint density at radius 1 is 1.33 bits per heavy atom. The van der Waals surface area contributed by atoms with E-state index in [9.17, 15) is 9.59 Å². The summed E-state index contributed by atoms with van der Waals surface area (Å²) in [6.45, 7) is 0. The summed E-state index contributed by atoms with van der Waals surface area (Å²) in [5.41, 5.74) is 0.544. The number of pyridine rings is 1. The molecule has 0 spiro atoms. The van der Waals surface area contributed by atoms with Gasteiger partial charge in [0, 0.05) is 11.9 Å². The number of rotatable bonds is 3. The topological polar surface area (TPSA) is 80.9 Å². The zero-order chi connectivity index (χ0) is 15.4. The monoisotopic (exact) mass is 306 g/mol. The molecule has 0 atom stereocenters. The molecule has 7 heteroatoms. The van der Waals surface area contributed by atoms with Gasteiger partial charge in [-0.25, -0.2) is 4.79 Å². The van der Waals surface area contributed by atoms with E-state index in [0.29, 0.717) is 11.3 Å². The van der Waals surface area contributed by atoms with E-state index in [1.165, 1.54) is 23.9 Å². The van der Waals surface area contributed by atoms with Gasteiger partial charge in [-0.05, 0) is 30.3 Å². The van der Waals surface area contributed by atoms with Gasteiger partial charge >= 0.3 is 5.97 Å². The summed E-state index contributed by atoms with van der Waals surface area (Å²) in [6.07, 6.45) is 2.47. The molecular weight excluding hydrogens is 296 g/mol. The lowest BCUT2D eigenvalue weighted by Gasteiger charge is -2.08. The molecule has 1 aromatic heterocycles. The Labute approximate surface area is 124 Å². The van der Waals surface area contributed by atoms with Gasteiger partial charge < -0.3 is 9.94 Å². The average molecular weight is 307 g/mol. The van der Waals surface area contributed by atoms with Gasteiger partial charge in [-0.1, -0.05) is 16.8 Å². The van der Waals surface area contributed by atoms with Crippen LogP contribution in [0.15, 0.2) is 46.5 Å². The van der Waals surface area contributed by atoms with Crippen molar-refractivity contribution in [3.63, 3.8) is 0 Å². The van der Waals surface area contributed by atoms with E-state index < -0.39 is 11.5 Å². The zero-order valence-electron chi connectivity index (χ0n) is 11.0. The van der Waals surface area contributed by atoms with Gasteiger partial charge in [0.15, 0.2) is 0 Å². The summed E-state index contributed by atoms with van der Waals surface area (Å²) in [5.74, 6) is -0.460. The number of carbonyl (C=O) groups excluding carboxylic acids is 1. The van der Waals surface area contributed by atoms with E-state index >= 15 is 0 Å². The smallest absolute Gasteiger partial charge is 0.337 e. The standard InChI is InChI=1S/C14H11ClN2O4/c1-21-14(19)9-2-4-10(5-3-9)17-7-6-12(15)11(8-16-20)13(17)18/h2-8,20H,1H3/b16-8+. The maximum absolute atomic E-state index is 12.2. The molecule has 6 nitrogen and oxygen atoms in total. The summed E-state index contributed by atoms with van der Waals surface area (Å²) in [5, 5.41) is 11.6. The zero-order valence-corrected chi connectivity index (χ0v) is 11.7. The van der Waals surface area contributed by atoms with Gasteiger partial charge in [0.25, 0.3) is 5.56 Å². The summed E-state index contributed by atoms with van der Waals surface area (Å²) < 4.78 is 5.93. The highest BCUT2D eigenvalue weighted by Crippen LogP contribution is 2.13. The van der Waals surface area contributed by atoms with Crippen LogP contribution in [0.5, 0.6) is 0 Å². The van der Waals surface area contributed by atoms with E-state index in [-0.39, 0.29) is 10.6 Å². The first-order valence-corrected chi connectivity index (χ1v) is 6.23. The number of hydrogen-bond acceptors (Lipinski definition) is 5. The normalized spacial score (nSPS) is 10.8. The molecule has 0 unspecified atom stereocenters. The first kappa shape index (κ1) is 14.8. The lowest BCUT2D eigenvalue weighted by molar-refractivity contribution is 0.0601. The molecule has 0 amide bonds. The fourth-order valence-electron chi connectivity index (χ4n) is 1.78. The van der Waals surface area contributed by atoms with Crippen LogP contribution < -0.4 is 5.56 Å². The van der Waals surface area contributed by atoms with Crippen LogP contribution in [0.2, 0.25) is 5.02 Å². The Bertz CT molecular complexity index is 751. The van der Waals surface area contributed by atoms with Gasteiger partial charge in [0.1, 0.15) is 0 Å². The molecule has 0 aliphatic carbocycles. The molecule has 2 rings (SSSR count). The summed E-state index contributed by atoms with van der Waals surface area (Å²) in [6, 6.07) is 7.79. The number of halogens is 1.